The van der Waals surface area contributed by atoms with Gasteiger partial charge in [-0.05, 0) is 71.4 Å². The Bertz CT molecular complexity index is 814. The normalized spacial score (nSPS) is 17.8. The van der Waals surface area contributed by atoms with Crippen molar-refractivity contribution < 1.29 is 9.53 Å². The van der Waals surface area contributed by atoms with Crippen LogP contribution in [0.25, 0.3) is 0 Å². The molecule has 3 rings (SSSR count). The Balaban J connectivity index is 1.96. The van der Waals surface area contributed by atoms with Crippen molar-refractivity contribution in [2.75, 3.05) is 59.4 Å². The second-order valence-electron chi connectivity index (χ2n) is 8.60. The lowest BCUT2D eigenvalue weighted by molar-refractivity contribution is 0.0410. The Morgan fingerprint density at radius 3 is 2.13 bits per heavy atom. The first-order chi connectivity index (χ1) is 14.4. The summed E-state index contributed by atoms with van der Waals surface area (Å²) in [4.78, 5) is 20.6. The number of hydrogen-bond donors (Lipinski definition) is 0. The SMILES string of the molecule is CC(N(C)C)C(Cc1ccccc1)(C(=O)c1ccc(N2CCOCC2)cc1)N(C)C. The van der Waals surface area contributed by atoms with Crippen molar-refractivity contribution in [2.24, 2.45) is 0 Å². The maximum atomic E-state index is 14.0. The van der Waals surface area contributed by atoms with Crippen molar-refractivity contribution in [2.45, 2.75) is 24.9 Å². The molecule has 1 heterocycles. The van der Waals surface area contributed by atoms with Crippen LogP contribution in [-0.4, -0.2) is 81.7 Å². The van der Waals surface area contributed by atoms with Crippen molar-refractivity contribution in [3.63, 3.8) is 0 Å². The number of ketones is 1. The fourth-order valence-electron chi connectivity index (χ4n) is 4.38. The summed E-state index contributed by atoms with van der Waals surface area (Å²) in [5.41, 5.74) is 2.39. The minimum Gasteiger partial charge on any atom is -0.378 e. The second-order valence-corrected chi connectivity index (χ2v) is 8.60. The lowest BCUT2D eigenvalue weighted by atomic mass is 9.76. The molecule has 0 aromatic heterocycles. The van der Waals surface area contributed by atoms with Crippen LogP contribution in [0.1, 0.15) is 22.8 Å². The van der Waals surface area contributed by atoms with Crippen LogP contribution >= 0.6 is 0 Å². The molecule has 162 valence electrons. The second kappa shape index (κ2) is 9.73. The third-order valence-electron chi connectivity index (χ3n) is 6.48. The van der Waals surface area contributed by atoms with E-state index in [0.29, 0.717) is 6.42 Å². The number of anilines is 1. The molecule has 0 saturated carbocycles. The van der Waals surface area contributed by atoms with E-state index in [2.05, 4.69) is 45.9 Å². The highest BCUT2D eigenvalue weighted by molar-refractivity contribution is 6.04. The van der Waals surface area contributed by atoms with E-state index in [0.717, 1.165) is 43.1 Å². The van der Waals surface area contributed by atoms with E-state index < -0.39 is 5.54 Å². The summed E-state index contributed by atoms with van der Waals surface area (Å²) in [7, 11) is 8.12. The molecular formula is C25H35N3O2. The van der Waals surface area contributed by atoms with E-state index in [9.17, 15) is 4.79 Å². The average Bonchev–Trinajstić information content (AvgIpc) is 2.77. The van der Waals surface area contributed by atoms with Crippen LogP contribution in [0.2, 0.25) is 0 Å². The highest BCUT2D eigenvalue weighted by Crippen LogP contribution is 2.31. The zero-order valence-electron chi connectivity index (χ0n) is 19.0. The lowest BCUT2D eigenvalue weighted by Crippen LogP contribution is -2.63. The van der Waals surface area contributed by atoms with Crippen molar-refractivity contribution in [1.29, 1.82) is 0 Å². The molecule has 1 saturated heterocycles. The van der Waals surface area contributed by atoms with Gasteiger partial charge in [0.15, 0.2) is 5.78 Å². The van der Waals surface area contributed by atoms with E-state index in [1.54, 1.807) is 0 Å². The van der Waals surface area contributed by atoms with Gasteiger partial charge in [-0.25, -0.2) is 0 Å². The van der Waals surface area contributed by atoms with Crippen LogP contribution in [0.15, 0.2) is 54.6 Å². The van der Waals surface area contributed by atoms with Crippen LogP contribution < -0.4 is 4.90 Å². The number of likely N-dealkylation sites (N-methyl/N-ethyl adjacent to an activating group) is 2. The molecule has 1 fully saturated rings. The van der Waals surface area contributed by atoms with E-state index in [1.165, 1.54) is 0 Å². The first-order valence-corrected chi connectivity index (χ1v) is 10.7. The monoisotopic (exact) mass is 409 g/mol. The Labute approximate surface area is 181 Å². The molecule has 0 aliphatic carbocycles. The van der Waals surface area contributed by atoms with Crippen molar-refractivity contribution in [3.8, 4) is 0 Å². The Hall–Kier alpha value is -2.21. The highest BCUT2D eigenvalue weighted by Gasteiger charge is 2.46. The third-order valence-corrected chi connectivity index (χ3v) is 6.48. The summed E-state index contributed by atoms with van der Waals surface area (Å²) < 4.78 is 5.45. The summed E-state index contributed by atoms with van der Waals surface area (Å²) in [6.45, 7) is 5.42. The van der Waals surface area contributed by atoms with Crippen LogP contribution in [-0.2, 0) is 11.2 Å². The lowest BCUT2D eigenvalue weighted by Gasteiger charge is -2.46. The quantitative estimate of drug-likeness (QED) is 0.626. The van der Waals surface area contributed by atoms with Crippen LogP contribution in [0.3, 0.4) is 0 Å². The van der Waals surface area contributed by atoms with Gasteiger partial charge in [0.1, 0.15) is 5.54 Å². The van der Waals surface area contributed by atoms with E-state index in [4.69, 9.17) is 4.74 Å². The topological polar surface area (TPSA) is 36.0 Å². The average molecular weight is 410 g/mol. The molecule has 0 amide bonds. The van der Waals surface area contributed by atoms with Gasteiger partial charge in [0.25, 0.3) is 0 Å². The fraction of sp³-hybridized carbons (Fsp3) is 0.480. The van der Waals surface area contributed by atoms with Crippen LogP contribution in [0.4, 0.5) is 5.69 Å². The summed E-state index contributed by atoms with van der Waals surface area (Å²) in [6.07, 6.45) is 0.657. The van der Waals surface area contributed by atoms with Crippen molar-refractivity contribution in [3.05, 3.63) is 65.7 Å². The number of nitrogens with zero attached hydrogens (tertiary/aromatic N) is 3. The molecule has 5 heteroatoms. The predicted octanol–water partition coefficient (Wildman–Crippen LogP) is 3.20. The summed E-state index contributed by atoms with van der Waals surface area (Å²) in [5.74, 6) is 0.158. The van der Waals surface area contributed by atoms with Crippen LogP contribution in [0, 0.1) is 0 Å². The molecule has 1 aliphatic heterocycles. The smallest absolute Gasteiger partial charge is 0.184 e. The molecule has 30 heavy (non-hydrogen) atoms. The van der Waals surface area contributed by atoms with E-state index >= 15 is 0 Å². The maximum Gasteiger partial charge on any atom is 0.184 e. The minimum atomic E-state index is -0.675. The molecule has 0 N–H and O–H groups in total. The number of benzene rings is 2. The van der Waals surface area contributed by atoms with Gasteiger partial charge in [0.05, 0.1) is 13.2 Å². The van der Waals surface area contributed by atoms with Crippen molar-refractivity contribution >= 4 is 11.5 Å². The van der Waals surface area contributed by atoms with Gasteiger partial charge >= 0.3 is 0 Å². The number of carbonyl (C=O) groups is 1. The zero-order valence-corrected chi connectivity index (χ0v) is 19.0. The molecule has 2 aromatic rings. The summed E-state index contributed by atoms with van der Waals surface area (Å²) in [6, 6.07) is 18.4. The number of Topliss-reactive ketones (excluding diaryl/α,β-unsaturated/α-hetero) is 1. The largest absolute Gasteiger partial charge is 0.378 e. The van der Waals surface area contributed by atoms with Gasteiger partial charge in [-0.2, -0.15) is 0 Å². The number of hydrogen-bond acceptors (Lipinski definition) is 5. The number of carbonyl (C=O) groups excluding carboxylic acids is 1. The molecule has 2 unspecified atom stereocenters. The molecule has 2 aromatic carbocycles. The molecule has 1 aliphatic rings. The Morgan fingerprint density at radius 2 is 1.60 bits per heavy atom. The number of ether oxygens (including phenoxy) is 1. The molecule has 0 spiro atoms. The third kappa shape index (κ3) is 4.59. The molecule has 5 nitrogen and oxygen atoms in total. The standard InChI is InChI=1S/C25H35N3O2/c1-20(26(2)3)25(27(4)5,19-21-9-7-6-8-10-21)24(29)22-11-13-23(14-12-22)28-15-17-30-18-16-28/h6-14,20H,15-19H2,1-5H3. The highest BCUT2D eigenvalue weighted by atomic mass is 16.5. The van der Waals surface area contributed by atoms with Gasteiger partial charge in [0, 0.05) is 30.4 Å². The van der Waals surface area contributed by atoms with Crippen LogP contribution in [0.5, 0.6) is 0 Å². The molecule has 2 atom stereocenters. The first kappa shape index (κ1) is 22.5. The molecule has 0 bridgehead atoms. The first-order valence-electron chi connectivity index (χ1n) is 10.7. The van der Waals surface area contributed by atoms with Gasteiger partial charge in [-0.15, -0.1) is 0 Å². The van der Waals surface area contributed by atoms with E-state index in [1.807, 2.05) is 58.5 Å². The van der Waals surface area contributed by atoms with Gasteiger partial charge in [-0.1, -0.05) is 30.3 Å². The summed E-state index contributed by atoms with van der Waals surface area (Å²) >= 11 is 0. The summed E-state index contributed by atoms with van der Waals surface area (Å²) in [5, 5.41) is 0. The van der Waals surface area contributed by atoms with Gasteiger partial charge < -0.3 is 14.5 Å². The zero-order chi connectivity index (χ0) is 21.7. The molecule has 0 radical (unpaired) electrons. The van der Waals surface area contributed by atoms with Gasteiger partial charge in [-0.3, -0.25) is 9.69 Å². The number of morpholine rings is 1. The predicted molar refractivity (Wildman–Crippen MR) is 124 cm³/mol. The maximum absolute atomic E-state index is 14.0. The Kier molecular flexibility index (Phi) is 7.29. The number of rotatable bonds is 8. The van der Waals surface area contributed by atoms with Crippen molar-refractivity contribution in [1.82, 2.24) is 9.80 Å². The minimum absolute atomic E-state index is 0.0270. The fourth-order valence-corrected chi connectivity index (χ4v) is 4.38. The van der Waals surface area contributed by atoms with Gasteiger partial charge in [0.2, 0.25) is 0 Å². The Morgan fingerprint density at radius 1 is 1.00 bits per heavy atom. The molecular weight excluding hydrogens is 374 g/mol. The van der Waals surface area contributed by atoms with E-state index in [-0.39, 0.29) is 11.8 Å².